The Labute approximate surface area is 169 Å². The summed E-state index contributed by atoms with van der Waals surface area (Å²) in [7, 11) is 0. The zero-order chi connectivity index (χ0) is 17.4. The molecule has 2 N–H and O–H groups in total. The van der Waals surface area contributed by atoms with Crippen molar-refractivity contribution in [3.8, 4) is 5.75 Å². The van der Waals surface area contributed by atoms with Crippen LogP contribution < -0.4 is 15.4 Å². The van der Waals surface area contributed by atoms with Gasteiger partial charge in [-0.1, -0.05) is 12.1 Å². The monoisotopic (exact) mass is 478 g/mol. The van der Waals surface area contributed by atoms with E-state index in [1.54, 1.807) is 29.5 Å². The minimum Gasteiger partial charge on any atom is -0.486 e. The van der Waals surface area contributed by atoms with Crippen LogP contribution in [0.3, 0.4) is 0 Å². The van der Waals surface area contributed by atoms with E-state index in [0.29, 0.717) is 19.0 Å². The van der Waals surface area contributed by atoms with Crippen molar-refractivity contribution in [2.75, 3.05) is 13.1 Å². The second-order valence-electron chi connectivity index (χ2n) is 5.30. The number of aromatic nitrogens is 1. The SMILES string of the molecule is CCNC(=NCc1ncc(C)s1)NCC(C)Oc1ccccc1F.I. The molecule has 0 fully saturated rings. The van der Waals surface area contributed by atoms with Gasteiger partial charge in [0.25, 0.3) is 0 Å². The van der Waals surface area contributed by atoms with Gasteiger partial charge in [0.15, 0.2) is 17.5 Å². The second kappa shape index (κ2) is 11.2. The van der Waals surface area contributed by atoms with Crippen molar-refractivity contribution in [2.45, 2.75) is 33.4 Å². The minimum atomic E-state index is -0.357. The lowest BCUT2D eigenvalue weighted by Gasteiger charge is -2.17. The van der Waals surface area contributed by atoms with Crippen LogP contribution in [0, 0.1) is 12.7 Å². The molecule has 0 aliphatic heterocycles. The highest BCUT2D eigenvalue weighted by Gasteiger charge is 2.09. The summed E-state index contributed by atoms with van der Waals surface area (Å²) < 4.78 is 19.2. The zero-order valence-corrected chi connectivity index (χ0v) is 17.7. The van der Waals surface area contributed by atoms with E-state index in [9.17, 15) is 4.39 Å². The van der Waals surface area contributed by atoms with Crippen molar-refractivity contribution >= 4 is 41.3 Å². The molecule has 8 heteroatoms. The Morgan fingerprint density at radius 2 is 2.12 bits per heavy atom. The first kappa shape index (κ1) is 21.6. The third-order valence-corrected chi connectivity index (χ3v) is 4.01. The van der Waals surface area contributed by atoms with Crippen LogP contribution in [0.15, 0.2) is 35.5 Å². The lowest BCUT2D eigenvalue weighted by atomic mass is 10.3. The summed E-state index contributed by atoms with van der Waals surface area (Å²) in [6.45, 7) is 7.70. The zero-order valence-electron chi connectivity index (χ0n) is 14.6. The smallest absolute Gasteiger partial charge is 0.191 e. The van der Waals surface area contributed by atoms with Crippen LogP contribution in [0.5, 0.6) is 5.75 Å². The van der Waals surface area contributed by atoms with Gasteiger partial charge in [-0.25, -0.2) is 14.4 Å². The summed E-state index contributed by atoms with van der Waals surface area (Å²) in [6.07, 6.45) is 1.65. The summed E-state index contributed by atoms with van der Waals surface area (Å²) >= 11 is 1.64. The molecule has 1 atom stereocenters. The van der Waals surface area contributed by atoms with Crippen molar-refractivity contribution in [3.05, 3.63) is 46.2 Å². The number of para-hydroxylation sites is 1. The number of hydrogen-bond donors (Lipinski definition) is 2. The van der Waals surface area contributed by atoms with Gasteiger partial charge >= 0.3 is 0 Å². The van der Waals surface area contributed by atoms with E-state index in [2.05, 4.69) is 20.6 Å². The molecule has 2 aromatic rings. The molecule has 0 bridgehead atoms. The average molecular weight is 478 g/mol. The van der Waals surface area contributed by atoms with Crippen LogP contribution in [0.2, 0.25) is 0 Å². The fourth-order valence-corrected chi connectivity index (χ4v) is 2.71. The van der Waals surface area contributed by atoms with E-state index >= 15 is 0 Å². The number of aliphatic imine (C=N–C) groups is 1. The molecule has 0 radical (unpaired) electrons. The Balaban J connectivity index is 0.00000312. The predicted octanol–water partition coefficient (Wildman–Crippen LogP) is 3.73. The maximum Gasteiger partial charge on any atom is 0.191 e. The van der Waals surface area contributed by atoms with Gasteiger partial charge in [-0.3, -0.25) is 0 Å². The van der Waals surface area contributed by atoms with Gasteiger partial charge in [0, 0.05) is 17.6 Å². The molecular formula is C17H24FIN4OS. The molecule has 25 heavy (non-hydrogen) atoms. The molecular weight excluding hydrogens is 454 g/mol. The molecule has 0 aliphatic rings. The Kier molecular flexibility index (Phi) is 9.73. The fourth-order valence-electron chi connectivity index (χ4n) is 2.00. The third-order valence-electron chi connectivity index (χ3n) is 3.11. The van der Waals surface area contributed by atoms with Gasteiger partial charge in [0.2, 0.25) is 0 Å². The van der Waals surface area contributed by atoms with Gasteiger partial charge in [-0.15, -0.1) is 35.3 Å². The molecule has 1 aromatic carbocycles. The number of guanidine groups is 1. The van der Waals surface area contributed by atoms with Crippen LogP contribution in [0.4, 0.5) is 4.39 Å². The molecule has 1 aromatic heterocycles. The van der Waals surface area contributed by atoms with Gasteiger partial charge in [-0.2, -0.15) is 0 Å². The Bertz CT molecular complexity index is 680. The van der Waals surface area contributed by atoms with Crippen molar-refractivity contribution in [1.82, 2.24) is 15.6 Å². The summed E-state index contributed by atoms with van der Waals surface area (Å²) in [5.41, 5.74) is 0. The normalized spacial score (nSPS) is 12.2. The van der Waals surface area contributed by atoms with Gasteiger partial charge in [0.05, 0.1) is 13.1 Å². The fraction of sp³-hybridized carbons (Fsp3) is 0.412. The maximum absolute atomic E-state index is 13.6. The maximum atomic E-state index is 13.6. The number of halogens is 2. The standard InChI is InChI=1S/C17H23FN4OS.HI/c1-4-19-17(22-11-16-20-10-13(3)24-16)21-9-12(2)23-15-8-6-5-7-14(15)18;/h5-8,10,12H,4,9,11H2,1-3H3,(H2,19,21,22);1H. The van der Waals surface area contributed by atoms with Gasteiger partial charge in [-0.05, 0) is 32.9 Å². The number of aryl methyl sites for hydroxylation is 1. The Morgan fingerprint density at radius 1 is 1.36 bits per heavy atom. The topological polar surface area (TPSA) is 58.5 Å². The van der Waals surface area contributed by atoms with Gasteiger partial charge in [0.1, 0.15) is 11.1 Å². The number of hydrogen-bond acceptors (Lipinski definition) is 4. The van der Waals surface area contributed by atoms with Crippen LogP contribution in [0.25, 0.3) is 0 Å². The highest BCUT2D eigenvalue weighted by Crippen LogP contribution is 2.16. The number of ether oxygens (including phenoxy) is 1. The molecule has 5 nitrogen and oxygen atoms in total. The van der Waals surface area contributed by atoms with E-state index in [4.69, 9.17) is 4.74 Å². The van der Waals surface area contributed by atoms with Crippen LogP contribution in [0.1, 0.15) is 23.7 Å². The van der Waals surface area contributed by atoms with Crippen molar-refractivity contribution < 1.29 is 9.13 Å². The quantitative estimate of drug-likeness (QED) is 0.362. The molecule has 1 unspecified atom stereocenters. The predicted molar refractivity (Wildman–Crippen MR) is 112 cm³/mol. The van der Waals surface area contributed by atoms with Crippen molar-refractivity contribution in [2.24, 2.45) is 4.99 Å². The lowest BCUT2D eigenvalue weighted by molar-refractivity contribution is 0.214. The third kappa shape index (κ3) is 7.55. The molecule has 0 spiro atoms. The van der Waals surface area contributed by atoms with E-state index < -0.39 is 0 Å². The molecule has 0 amide bonds. The first-order chi connectivity index (χ1) is 11.6. The second-order valence-corrected chi connectivity index (χ2v) is 6.62. The van der Waals surface area contributed by atoms with E-state index in [1.165, 1.54) is 10.9 Å². The molecule has 2 rings (SSSR count). The molecule has 0 saturated heterocycles. The first-order valence-corrected chi connectivity index (χ1v) is 8.74. The summed E-state index contributed by atoms with van der Waals surface area (Å²) in [5.74, 6) is 0.588. The Hall–Kier alpha value is -1.42. The van der Waals surface area contributed by atoms with Crippen LogP contribution >= 0.6 is 35.3 Å². The highest BCUT2D eigenvalue weighted by atomic mass is 127. The molecule has 138 valence electrons. The van der Waals surface area contributed by atoms with Crippen molar-refractivity contribution in [3.63, 3.8) is 0 Å². The minimum absolute atomic E-state index is 0. The Morgan fingerprint density at radius 3 is 2.76 bits per heavy atom. The summed E-state index contributed by atoms with van der Waals surface area (Å²) in [4.78, 5) is 9.98. The van der Waals surface area contributed by atoms with E-state index in [-0.39, 0.29) is 41.6 Å². The van der Waals surface area contributed by atoms with Crippen LogP contribution in [-0.2, 0) is 6.54 Å². The van der Waals surface area contributed by atoms with E-state index in [1.807, 2.05) is 27.0 Å². The number of rotatable bonds is 7. The molecule has 0 aliphatic carbocycles. The highest BCUT2D eigenvalue weighted by molar-refractivity contribution is 14.0. The first-order valence-electron chi connectivity index (χ1n) is 7.93. The largest absolute Gasteiger partial charge is 0.486 e. The number of benzene rings is 1. The average Bonchev–Trinajstić information content (AvgIpc) is 2.98. The summed E-state index contributed by atoms with van der Waals surface area (Å²) in [6, 6.07) is 6.40. The molecule has 0 saturated carbocycles. The van der Waals surface area contributed by atoms with E-state index in [0.717, 1.165) is 11.6 Å². The lowest BCUT2D eigenvalue weighted by Crippen LogP contribution is -2.41. The molecule has 1 heterocycles. The number of nitrogens with one attached hydrogen (secondary N) is 2. The number of thiazole rings is 1. The van der Waals surface area contributed by atoms with Gasteiger partial charge < -0.3 is 15.4 Å². The summed E-state index contributed by atoms with van der Waals surface area (Å²) in [5, 5.41) is 7.35. The van der Waals surface area contributed by atoms with Crippen LogP contribution in [-0.4, -0.2) is 30.1 Å². The van der Waals surface area contributed by atoms with Crippen molar-refractivity contribution in [1.29, 1.82) is 0 Å². The number of nitrogens with zero attached hydrogens (tertiary/aromatic N) is 2.